The van der Waals surface area contributed by atoms with Crippen molar-refractivity contribution in [3.05, 3.63) is 62.7 Å². The van der Waals surface area contributed by atoms with Gasteiger partial charge in [0.25, 0.3) is 11.8 Å². The maximum absolute atomic E-state index is 12.3. The first-order valence-corrected chi connectivity index (χ1v) is 7.15. The molecule has 20 heavy (non-hydrogen) atoms. The predicted octanol–water partition coefficient (Wildman–Crippen LogP) is 2.67. The Balaban J connectivity index is 1.94. The fraction of sp³-hybridized carbons (Fsp3) is 0.0667. The van der Waals surface area contributed by atoms with Crippen LogP contribution in [0.15, 0.2) is 42.5 Å². The van der Waals surface area contributed by atoms with Crippen molar-refractivity contribution in [2.45, 2.75) is 6.54 Å². The molecule has 1 heterocycles. The summed E-state index contributed by atoms with van der Waals surface area (Å²) in [6, 6.07) is 12.7. The number of nitrogens with zero attached hydrogens (tertiary/aromatic N) is 1. The van der Waals surface area contributed by atoms with E-state index in [1.165, 1.54) is 4.90 Å². The summed E-state index contributed by atoms with van der Waals surface area (Å²) in [6.07, 6.45) is 0. The number of amides is 2. The van der Waals surface area contributed by atoms with Crippen LogP contribution in [0.3, 0.4) is 0 Å². The highest BCUT2D eigenvalue weighted by Gasteiger charge is 2.36. The second-order valence-electron chi connectivity index (χ2n) is 4.59. The van der Waals surface area contributed by atoms with Gasteiger partial charge in [-0.3, -0.25) is 14.5 Å². The predicted molar refractivity (Wildman–Crippen MR) is 84.2 cm³/mol. The molecule has 0 fully saturated rings. The molecule has 0 saturated carbocycles. The second kappa shape index (κ2) is 4.90. The van der Waals surface area contributed by atoms with E-state index in [1.807, 2.05) is 24.3 Å². The molecule has 2 N–H and O–H groups in total. The minimum absolute atomic E-state index is 0.267. The average Bonchev–Trinajstić information content (AvgIpc) is 2.67. The van der Waals surface area contributed by atoms with Gasteiger partial charge in [0.2, 0.25) is 0 Å². The molecular formula is C15H11IN2O2. The Morgan fingerprint density at radius 2 is 1.70 bits per heavy atom. The van der Waals surface area contributed by atoms with E-state index in [0.717, 1.165) is 9.13 Å². The minimum atomic E-state index is -0.318. The molecule has 0 atom stereocenters. The monoisotopic (exact) mass is 378 g/mol. The maximum Gasteiger partial charge on any atom is 0.263 e. The Labute approximate surface area is 129 Å². The van der Waals surface area contributed by atoms with Gasteiger partial charge in [0.15, 0.2) is 0 Å². The lowest BCUT2D eigenvalue weighted by molar-refractivity contribution is 0.0642. The maximum atomic E-state index is 12.3. The third-order valence-corrected chi connectivity index (χ3v) is 4.00. The molecule has 5 heteroatoms. The van der Waals surface area contributed by atoms with Crippen molar-refractivity contribution in [1.82, 2.24) is 4.90 Å². The number of benzene rings is 2. The topological polar surface area (TPSA) is 63.4 Å². The number of hydrogen-bond donors (Lipinski definition) is 1. The van der Waals surface area contributed by atoms with Crippen LogP contribution in [0.5, 0.6) is 0 Å². The van der Waals surface area contributed by atoms with Crippen molar-refractivity contribution in [3.63, 3.8) is 0 Å². The molecule has 2 amide bonds. The van der Waals surface area contributed by atoms with Gasteiger partial charge in [0.1, 0.15) is 0 Å². The summed E-state index contributed by atoms with van der Waals surface area (Å²) < 4.78 is 1.11. The van der Waals surface area contributed by atoms with Gasteiger partial charge in [-0.05, 0) is 52.4 Å². The molecule has 1 aliphatic rings. The summed E-state index contributed by atoms with van der Waals surface area (Å²) in [6.45, 7) is 0.267. The number of nitrogens with two attached hydrogens (primary N) is 1. The van der Waals surface area contributed by atoms with Crippen molar-refractivity contribution >= 4 is 40.1 Å². The first kappa shape index (κ1) is 13.1. The molecule has 0 aromatic heterocycles. The first-order valence-electron chi connectivity index (χ1n) is 6.07. The summed E-state index contributed by atoms with van der Waals surface area (Å²) in [7, 11) is 0. The smallest absolute Gasteiger partial charge is 0.263 e. The van der Waals surface area contributed by atoms with E-state index in [1.54, 1.807) is 18.2 Å². The third-order valence-electron chi connectivity index (χ3n) is 3.29. The quantitative estimate of drug-likeness (QED) is 0.497. The molecule has 4 nitrogen and oxygen atoms in total. The second-order valence-corrected chi connectivity index (χ2v) is 5.84. The van der Waals surface area contributed by atoms with E-state index >= 15 is 0 Å². The van der Waals surface area contributed by atoms with Gasteiger partial charge in [-0.15, -0.1) is 0 Å². The number of carbonyl (C=O) groups is 2. The van der Waals surface area contributed by atoms with Crippen LogP contribution in [-0.4, -0.2) is 16.7 Å². The molecule has 0 saturated heterocycles. The summed E-state index contributed by atoms with van der Waals surface area (Å²) in [5.41, 5.74) is 7.78. The number of fused-ring (bicyclic) bond motifs is 1. The van der Waals surface area contributed by atoms with Gasteiger partial charge in [-0.2, -0.15) is 0 Å². The highest BCUT2D eigenvalue weighted by atomic mass is 127. The lowest BCUT2D eigenvalue weighted by atomic mass is 10.1. The lowest BCUT2D eigenvalue weighted by Crippen LogP contribution is -2.29. The van der Waals surface area contributed by atoms with Gasteiger partial charge in [-0.25, -0.2) is 0 Å². The van der Waals surface area contributed by atoms with E-state index in [9.17, 15) is 9.59 Å². The Hall–Kier alpha value is -1.89. The zero-order valence-electron chi connectivity index (χ0n) is 10.5. The number of hydrogen-bond acceptors (Lipinski definition) is 3. The largest absolute Gasteiger partial charge is 0.398 e. The van der Waals surface area contributed by atoms with E-state index in [2.05, 4.69) is 22.6 Å². The number of carbonyl (C=O) groups excluding carboxylic acids is 2. The van der Waals surface area contributed by atoms with Gasteiger partial charge in [0, 0.05) is 9.26 Å². The van der Waals surface area contributed by atoms with E-state index in [4.69, 9.17) is 5.73 Å². The SMILES string of the molecule is Nc1cccc2c1C(=O)N(Cc1ccc(I)cc1)C2=O. The molecule has 0 bridgehead atoms. The molecule has 0 unspecified atom stereocenters. The zero-order chi connectivity index (χ0) is 14.3. The van der Waals surface area contributed by atoms with Crippen LogP contribution in [0.1, 0.15) is 26.3 Å². The van der Waals surface area contributed by atoms with Crippen LogP contribution in [0.4, 0.5) is 5.69 Å². The molecule has 100 valence electrons. The summed E-state index contributed by atoms with van der Waals surface area (Å²) in [4.78, 5) is 25.8. The first-order chi connectivity index (χ1) is 9.58. The molecule has 0 radical (unpaired) electrons. The van der Waals surface area contributed by atoms with Crippen LogP contribution >= 0.6 is 22.6 Å². The van der Waals surface area contributed by atoms with Crippen LogP contribution in [0, 0.1) is 3.57 Å². The molecule has 0 aliphatic carbocycles. The molecule has 2 aromatic rings. The Morgan fingerprint density at radius 1 is 1.00 bits per heavy atom. The number of anilines is 1. The normalized spacial score (nSPS) is 13.8. The molecule has 0 spiro atoms. The van der Waals surface area contributed by atoms with E-state index in [0.29, 0.717) is 16.8 Å². The van der Waals surface area contributed by atoms with Gasteiger partial charge >= 0.3 is 0 Å². The van der Waals surface area contributed by atoms with Crippen molar-refractivity contribution < 1.29 is 9.59 Å². The molecular weight excluding hydrogens is 367 g/mol. The number of imide groups is 1. The minimum Gasteiger partial charge on any atom is -0.398 e. The molecule has 3 rings (SSSR count). The van der Waals surface area contributed by atoms with Crippen LogP contribution in [0.2, 0.25) is 0 Å². The fourth-order valence-electron chi connectivity index (χ4n) is 2.28. The van der Waals surface area contributed by atoms with Crippen molar-refractivity contribution in [1.29, 1.82) is 0 Å². The number of halogens is 1. The standard InChI is InChI=1S/C15H11IN2O2/c16-10-6-4-9(5-7-10)8-18-14(19)11-2-1-3-12(17)13(11)15(18)20/h1-7H,8,17H2. The Bertz CT molecular complexity index is 710. The highest BCUT2D eigenvalue weighted by molar-refractivity contribution is 14.1. The van der Waals surface area contributed by atoms with E-state index < -0.39 is 0 Å². The van der Waals surface area contributed by atoms with Crippen LogP contribution < -0.4 is 5.73 Å². The average molecular weight is 378 g/mol. The Kier molecular flexibility index (Phi) is 3.21. The van der Waals surface area contributed by atoms with Crippen LogP contribution in [-0.2, 0) is 6.54 Å². The number of rotatable bonds is 2. The summed E-state index contributed by atoms with van der Waals surface area (Å²) in [5.74, 6) is -0.600. The van der Waals surface area contributed by atoms with E-state index in [-0.39, 0.29) is 18.4 Å². The lowest BCUT2D eigenvalue weighted by Gasteiger charge is -2.13. The zero-order valence-corrected chi connectivity index (χ0v) is 12.6. The highest BCUT2D eigenvalue weighted by Crippen LogP contribution is 2.28. The van der Waals surface area contributed by atoms with Gasteiger partial charge < -0.3 is 5.73 Å². The van der Waals surface area contributed by atoms with Crippen molar-refractivity contribution in [3.8, 4) is 0 Å². The summed E-state index contributed by atoms with van der Waals surface area (Å²) in [5, 5.41) is 0. The van der Waals surface area contributed by atoms with Crippen LogP contribution in [0.25, 0.3) is 0 Å². The number of nitrogen functional groups attached to an aromatic ring is 1. The van der Waals surface area contributed by atoms with Gasteiger partial charge in [-0.1, -0.05) is 18.2 Å². The molecule has 1 aliphatic heterocycles. The third kappa shape index (κ3) is 2.07. The fourth-order valence-corrected chi connectivity index (χ4v) is 2.64. The van der Waals surface area contributed by atoms with Crippen molar-refractivity contribution in [2.75, 3.05) is 5.73 Å². The van der Waals surface area contributed by atoms with Crippen molar-refractivity contribution in [2.24, 2.45) is 0 Å². The Morgan fingerprint density at radius 3 is 2.35 bits per heavy atom. The summed E-state index contributed by atoms with van der Waals surface area (Å²) >= 11 is 2.21. The molecule has 2 aromatic carbocycles. The van der Waals surface area contributed by atoms with Gasteiger partial charge in [0.05, 0.1) is 17.7 Å².